The van der Waals surface area contributed by atoms with Crippen molar-refractivity contribution in [2.45, 2.75) is 45.7 Å². The van der Waals surface area contributed by atoms with Crippen molar-refractivity contribution in [2.75, 3.05) is 33.4 Å². The molecular formula is C27H34N4O5. The number of benzene rings is 2. The lowest BCUT2D eigenvalue weighted by molar-refractivity contribution is -0.218. The van der Waals surface area contributed by atoms with Gasteiger partial charge in [0.05, 0.1) is 7.11 Å². The third-order valence-electron chi connectivity index (χ3n) is 7.31. The second kappa shape index (κ2) is 10.1. The molecule has 0 aromatic heterocycles. The van der Waals surface area contributed by atoms with E-state index in [0.29, 0.717) is 12.4 Å². The molecule has 1 N–H and O–H groups in total. The first kappa shape index (κ1) is 24.5. The maximum Gasteiger partial charge on any atom is 0.260 e. The number of hydrogen-bond donors (Lipinski definition) is 1. The van der Waals surface area contributed by atoms with Gasteiger partial charge in [-0.25, -0.2) is 0 Å². The van der Waals surface area contributed by atoms with Crippen LogP contribution in [0.3, 0.4) is 0 Å². The van der Waals surface area contributed by atoms with Gasteiger partial charge in [-0.3, -0.25) is 9.69 Å². The zero-order chi connectivity index (χ0) is 25.3. The molecule has 36 heavy (non-hydrogen) atoms. The summed E-state index contributed by atoms with van der Waals surface area (Å²) in [6.45, 7) is 7.97. The Morgan fingerprint density at radius 2 is 1.97 bits per heavy atom. The van der Waals surface area contributed by atoms with E-state index in [0.717, 1.165) is 55.8 Å². The van der Waals surface area contributed by atoms with Crippen LogP contribution >= 0.6 is 0 Å². The molecule has 9 heteroatoms. The van der Waals surface area contributed by atoms with Crippen LogP contribution in [0, 0.1) is 12.3 Å². The molecule has 0 saturated carbocycles. The normalized spacial score (nSPS) is 26.3. The molecule has 3 atom stereocenters. The Hall–Kier alpha value is -3.14. The minimum Gasteiger partial charge on any atom is -0.497 e. The van der Waals surface area contributed by atoms with Crippen molar-refractivity contribution in [1.82, 2.24) is 15.0 Å². The van der Waals surface area contributed by atoms with Gasteiger partial charge in [0.2, 0.25) is 5.90 Å². The van der Waals surface area contributed by atoms with Crippen molar-refractivity contribution >= 4 is 12.2 Å². The minimum absolute atomic E-state index is 0.000968. The van der Waals surface area contributed by atoms with Crippen molar-refractivity contribution in [1.29, 1.82) is 0 Å². The fraction of sp³-hybridized carbons (Fsp3) is 0.481. The van der Waals surface area contributed by atoms with Gasteiger partial charge in [0.1, 0.15) is 11.5 Å². The predicted octanol–water partition coefficient (Wildman–Crippen LogP) is 2.75. The number of aliphatic hydroxyl groups excluding tert-OH is 1. The highest BCUT2D eigenvalue weighted by atomic mass is 16.6. The van der Waals surface area contributed by atoms with Crippen molar-refractivity contribution in [3.8, 4) is 11.5 Å². The van der Waals surface area contributed by atoms with Crippen molar-refractivity contribution < 1.29 is 24.1 Å². The van der Waals surface area contributed by atoms with E-state index in [-0.39, 0.29) is 18.2 Å². The molecule has 3 aliphatic rings. The molecule has 0 spiro atoms. The van der Waals surface area contributed by atoms with Gasteiger partial charge in [-0.15, -0.1) is 5.10 Å². The number of hydrazone groups is 1. The molecule has 3 unspecified atom stereocenters. The van der Waals surface area contributed by atoms with Crippen LogP contribution in [0.4, 0.5) is 0 Å². The lowest BCUT2D eigenvalue weighted by atomic mass is 9.91. The van der Waals surface area contributed by atoms with Gasteiger partial charge >= 0.3 is 0 Å². The second-order valence-corrected chi connectivity index (χ2v) is 10.1. The Bertz CT molecular complexity index is 1120. The molecule has 0 aliphatic carbocycles. The third kappa shape index (κ3) is 4.91. The largest absolute Gasteiger partial charge is 0.497 e. The fourth-order valence-electron chi connectivity index (χ4n) is 4.89. The highest BCUT2D eigenvalue weighted by Gasteiger charge is 2.42. The molecule has 3 aliphatic heterocycles. The number of nitrogens with zero attached hydrogens (tertiary/aromatic N) is 4. The number of aliphatic hydroxyl groups is 1. The molecule has 0 bridgehead atoms. The molecule has 2 saturated heterocycles. The summed E-state index contributed by atoms with van der Waals surface area (Å²) < 4.78 is 17.3. The predicted molar refractivity (Wildman–Crippen MR) is 134 cm³/mol. The van der Waals surface area contributed by atoms with Gasteiger partial charge in [-0.2, -0.15) is 10.1 Å². The number of methoxy groups -OCH3 is 1. The van der Waals surface area contributed by atoms with Crippen molar-refractivity contribution in [2.24, 2.45) is 10.5 Å². The number of carbonyl (C=O) groups is 1. The Morgan fingerprint density at radius 1 is 1.19 bits per heavy atom. The highest BCUT2D eigenvalue weighted by Crippen LogP contribution is 2.32. The minimum atomic E-state index is -0.831. The quantitative estimate of drug-likeness (QED) is 0.533. The summed E-state index contributed by atoms with van der Waals surface area (Å²) in [7, 11) is 1.61. The van der Waals surface area contributed by atoms with Gasteiger partial charge in [0.25, 0.3) is 6.23 Å². The summed E-state index contributed by atoms with van der Waals surface area (Å²) in [6, 6.07) is 13.6. The number of carbonyl (C=O) groups excluding carboxylic acids is 1. The number of hydrazine groups is 1. The number of aldehydes is 1. The first-order valence-corrected chi connectivity index (χ1v) is 12.4. The summed E-state index contributed by atoms with van der Waals surface area (Å²) in [6.07, 6.45) is 1.52. The van der Waals surface area contributed by atoms with E-state index in [1.807, 2.05) is 35.3 Å². The maximum absolute atomic E-state index is 11.7. The van der Waals surface area contributed by atoms with E-state index < -0.39 is 6.23 Å². The van der Waals surface area contributed by atoms with Gasteiger partial charge in [0, 0.05) is 43.6 Å². The SMILES string of the molecule is COc1ccc(C2=NN(N3CCC3Oc3ccc(CN4CCC(C)(CO)C4)c(C)c3)C(C=O)O2)cc1. The Morgan fingerprint density at radius 3 is 2.58 bits per heavy atom. The molecular weight excluding hydrogens is 460 g/mol. The zero-order valence-corrected chi connectivity index (χ0v) is 21.1. The molecule has 0 amide bonds. The number of likely N-dealkylation sites (tertiary alicyclic amines) is 1. The molecule has 2 fully saturated rings. The third-order valence-corrected chi connectivity index (χ3v) is 7.31. The van der Waals surface area contributed by atoms with Gasteiger partial charge in [0.15, 0.2) is 12.5 Å². The van der Waals surface area contributed by atoms with E-state index >= 15 is 0 Å². The molecule has 0 radical (unpaired) electrons. The van der Waals surface area contributed by atoms with E-state index in [1.165, 1.54) is 11.1 Å². The number of hydrogen-bond acceptors (Lipinski definition) is 9. The van der Waals surface area contributed by atoms with Crippen LogP contribution in [0.25, 0.3) is 0 Å². The summed E-state index contributed by atoms with van der Waals surface area (Å²) in [5.74, 6) is 1.91. The van der Waals surface area contributed by atoms with Gasteiger partial charge in [-0.1, -0.05) is 13.0 Å². The van der Waals surface area contributed by atoms with Crippen LogP contribution in [0.1, 0.15) is 36.5 Å². The molecule has 9 nitrogen and oxygen atoms in total. The average Bonchev–Trinajstić information content (AvgIpc) is 3.47. The topological polar surface area (TPSA) is 87.1 Å². The van der Waals surface area contributed by atoms with Crippen molar-refractivity contribution in [3.05, 3.63) is 59.2 Å². The number of ether oxygens (including phenoxy) is 3. The van der Waals surface area contributed by atoms with Crippen LogP contribution in [-0.2, 0) is 16.1 Å². The maximum atomic E-state index is 11.7. The van der Waals surface area contributed by atoms with E-state index in [4.69, 9.17) is 14.2 Å². The summed E-state index contributed by atoms with van der Waals surface area (Å²) in [5, 5.41) is 17.7. The molecule has 2 aromatic carbocycles. The Balaban J connectivity index is 1.23. The Kier molecular flexibility index (Phi) is 6.87. The van der Waals surface area contributed by atoms with Crippen LogP contribution < -0.4 is 9.47 Å². The van der Waals surface area contributed by atoms with Crippen LogP contribution in [-0.4, -0.2) is 78.1 Å². The Labute approximate surface area is 211 Å². The zero-order valence-electron chi connectivity index (χ0n) is 21.1. The van der Waals surface area contributed by atoms with Crippen LogP contribution in [0.5, 0.6) is 11.5 Å². The molecule has 5 rings (SSSR count). The monoisotopic (exact) mass is 494 g/mol. The number of rotatable bonds is 9. The second-order valence-electron chi connectivity index (χ2n) is 10.1. The van der Waals surface area contributed by atoms with Crippen LogP contribution in [0.2, 0.25) is 0 Å². The molecule has 2 aromatic rings. The number of aryl methyl sites for hydroxylation is 1. The lowest BCUT2D eigenvalue weighted by Gasteiger charge is -2.44. The average molecular weight is 495 g/mol. The highest BCUT2D eigenvalue weighted by molar-refractivity contribution is 5.95. The van der Waals surface area contributed by atoms with Gasteiger partial charge in [-0.05, 0) is 67.4 Å². The molecule has 3 heterocycles. The summed E-state index contributed by atoms with van der Waals surface area (Å²) >= 11 is 0. The summed E-state index contributed by atoms with van der Waals surface area (Å²) in [4.78, 5) is 14.1. The van der Waals surface area contributed by atoms with E-state index in [2.05, 4.69) is 36.0 Å². The summed E-state index contributed by atoms with van der Waals surface area (Å²) in [5.41, 5.74) is 3.20. The first-order valence-electron chi connectivity index (χ1n) is 12.4. The van der Waals surface area contributed by atoms with Crippen molar-refractivity contribution in [3.63, 3.8) is 0 Å². The fourth-order valence-corrected chi connectivity index (χ4v) is 4.89. The van der Waals surface area contributed by atoms with E-state index in [9.17, 15) is 9.90 Å². The van der Waals surface area contributed by atoms with Crippen LogP contribution in [0.15, 0.2) is 47.6 Å². The molecule has 192 valence electrons. The van der Waals surface area contributed by atoms with E-state index in [1.54, 1.807) is 12.2 Å². The first-order chi connectivity index (χ1) is 17.4. The van der Waals surface area contributed by atoms with Gasteiger partial charge < -0.3 is 19.3 Å². The smallest absolute Gasteiger partial charge is 0.260 e. The standard InChI is InChI=1S/C27H34N4O5/c1-19-14-23(9-6-21(19)15-29-13-11-27(2,17-29)18-33)35-24-10-12-30(24)31-25(16-32)36-26(28-31)20-4-7-22(34-3)8-5-20/h4-9,14,16,24-25,33H,10-13,15,17-18H2,1-3H3. The lowest BCUT2D eigenvalue weighted by Crippen LogP contribution is -2.60.